The molecule has 1 aromatic rings. The van der Waals surface area contributed by atoms with Gasteiger partial charge in [0.25, 0.3) is 0 Å². The molecule has 2 fully saturated rings. The molecule has 2 amide bonds. The van der Waals surface area contributed by atoms with E-state index in [0.717, 1.165) is 29.5 Å². The Morgan fingerprint density at radius 1 is 1.31 bits per heavy atom. The van der Waals surface area contributed by atoms with Gasteiger partial charge in [-0.2, -0.15) is 0 Å². The normalized spacial score (nSPS) is 22.1. The Kier molecular flexibility index (Phi) is 2.21. The number of carbonyl (C=O) groups excluding carboxylic acids is 1. The van der Waals surface area contributed by atoms with Gasteiger partial charge in [0.2, 0.25) is 0 Å². The minimum atomic E-state index is 0.0339. The van der Waals surface area contributed by atoms with Gasteiger partial charge >= 0.3 is 6.03 Å². The zero-order valence-electron chi connectivity index (χ0n) is 8.87. The van der Waals surface area contributed by atoms with E-state index < -0.39 is 0 Å². The van der Waals surface area contributed by atoms with Crippen LogP contribution in [0.15, 0.2) is 28.7 Å². The molecule has 0 aromatic heterocycles. The monoisotopic (exact) mass is 280 g/mol. The average Bonchev–Trinajstić information content (AvgIpc) is 2.57. The molecule has 1 saturated heterocycles. The van der Waals surface area contributed by atoms with Crippen LogP contribution in [0.2, 0.25) is 0 Å². The average molecular weight is 281 g/mol. The summed E-state index contributed by atoms with van der Waals surface area (Å²) in [7, 11) is 0. The third kappa shape index (κ3) is 1.29. The number of benzene rings is 1. The number of para-hydroxylation sites is 1. The van der Waals surface area contributed by atoms with Crippen LogP contribution in [-0.4, -0.2) is 18.1 Å². The van der Waals surface area contributed by atoms with Crippen LogP contribution in [0.3, 0.4) is 0 Å². The topological polar surface area (TPSA) is 32.3 Å². The molecule has 1 spiro atoms. The summed E-state index contributed by atoms with van der Waals surface area (Å²) in [5.41, 5.74) is 1.03. The Labute approximate surface area is 103 Å². The molecule has 4 heteroatoms. The first-order valence-electron chi connectivity index (χ1n) is 5.56. The van der Waals surface area contributed by atoms with Crippen LogP contribution >= 0.6 is 15.9 Å². The van der Waals surface area contributed by atoms with Gasteiger partial charge in [0.15, 0.2) is 0 Å². The van der Waals surface area contributed by atoms with Crippen LogP contribution in [-0.2, 0) is 0 Å². The molecule has 16 heavy (non-hydrogen) atoms. The third-order valence-corrected chi connectivity index (χ3v) is 4.29. The molecule has 1 saturated carbocycles. The van der Waals surface area contributed by atoms with E-state index in [-0.39, 0.29) is 11.6 Å². The maximum Gasteiger partial charge on any atom is 0.322 e. The summed E-state index contributed by atoms with van der Waals surface area (Å²) in [6, 6.07) is 7.95. The van der Waals surface area contributed by atoms with Gasteiger partial charge in [-0.1, -0.05) is 12.1 Å². The molecule has 3 rings (SSSR count). The summed E-state index contributed by atoms with van der Waals surface area (Å²) >= 11 is 3.52. The SMILES string of the molecule is O=C1NCC2(CCC2)N1c1ccccc1Br. The number of hydrogen-bond donors (Lipinski definition) is 1. The molecule has 0 atom stereocenters. The molecular formula is C12H13BrN2O. The molecule has 1 aliphatic heterocycles. The summed E-state index contributed by atoms with van der Waals surface area (Å²) in [6.07, 6.45) is 3.43. The first-order chi connectivity index (χ1) is 7.73. The first kappa shape index (κ1) is 10.1. The van der Waals surface area contributed by atoms with Crippen molar-refractivity contribution in [3.05, 3.63) is 28.7 Å². The summed E-state index contributed by atoms with van der Waals surface area (Å²) in [6.45, 7) is 0.785. The number of rotatable bonds is 1. The molecule has 0 unspecified atom stereocenters. The maximum atomic E-state index is 11.9. The lowest BCUT2D eigenvalue weighted by molar-refractivity contribution is 0.241. The maximum absolute atomic E-state index is 11.9. The van der Waals surface area contributed by atoms with E-state index in [2.05, 4.69) is 21.2 Å². The van der Waals surface area contributed by atoms with Crippen molar-refractivity contribution in [2.24, 2.45) is 0 Å². The molecular weight excluding hydrogens is 268 g/mol. The number of hydrogen-bond acceptors (Lipinski definition) is 1. The highest BCUT2D eigenvalue weighted by Crippen LogP contribution is 2.44. The zero-order valence-corrected chi connectivity index (χ0v) is 10.5. The Hall–Kier alpha value is -1.03. The molecule has 2 aliphatic rings. The second kappa shape index (κ2) is 3.48. The Balaban J connectivity index is 2.04. The van der Waals surface area contributed by atoms with Gasteiger partial charge in [0.05, 0.1) is 11.2 Å². The van der Waals surface area contributed by atoms with E-state index in [9.17, 15) is 4.79 Å². The number of nitrogens with zero attached hydrogens (tertiary/aromatic N) is 1. The van der Waals surface area contributed by atoms with Crippen molar-refractivity contribution in [2.45, 2.75) is 24.8 Å². The van der Waals surface area contributed by atoms with Gasteiger partial charge in [0, 0.05) is 11.0 Å². The van der Waals surface area contributed by atoms with Crippen molar-refractivity contribution in [3.8, 4) is 0 Å². The minimum absolute atomic E-state index is 0.0339. The second-order valence-electron chi connectivity index (χ2n) is 4.52. The minimum Gasteiger partial charge on any atom is -0.335 e. The van der Waals surface area contributed by atoms with Gasteiger partial charge < -0.3 is 5.32 Å². The smallest absolute Gasteiger partial charge is 0.322 e. The third-order valence-electron chi connectivity index (χ3n) is 3.62. The van der Waals surface area contributed by atoms with Gasteiger partial charge in [-0.15, -0.1) is 0 Å². The lowest BCUT2D eigenvalue weighted by Crippen LogP contribution is -2.52. The number of amides is 2. The quantitative estimate of drug-likeness (QED) is 0.843. The van der Waals surface area contributed by atoms with Crippen LogP contribution in [0.1, 0.15) is 19.3 Å². The highest BCUT2D eigenvalue weighted by Gasteiger charge is 2.50. The highest BCUT2D eigenvalue weighted by atomic mass is 79.9. The molecule has 0 bridgehead atoms. The predicted octanol–water partition coefficient (Wildman–Crippen LogP) is 2.90. The molecule has 3 nitrogen and oxygen atoms in total. The summed E-state index contributed by atoms with van der Waals surface area (Å²) in [4.78, 5) is 13.9. The van der Waals surface area contributed by atoms with E-state index in [0.29, 0.717) is 0 Å². The Bertz CT molecular complexity index is 442. The molecule has 84 valence electrons. The number of nitrogens with one attached hydrogen (secondary N) is 1. The fourth-order valence-corrected chi connectivity index (χ4v) is 3.06. The van der Waals surface area contributed by atoms with Crippen molar-refractivity contribution in [1.29, 1.82) is 0 Å². The largest absolute Gasteiger partial charge is 0.335 e. The van der Waals surface area contributed by atoms with E-state index in [1.807, 2.05) is 29.2 Å². The van der Waals surface area contributed by atoms with Crippen LogP contribution in [0, 0.1) is 0 Å². The Morgan fingerprint density at radius 2 is 2.06 bits per heavy atom. The van der Waals surface area contributed by atoms with E-state index in [1.54, 1.807) is 0 Å². The van der Waals surface area contributed by atoms with Crippen molar-refractivity contribution < 1.29 is 4.79 Å². The first-order valence-corrected chi connectivity index (χ1v) is 6.35. The van der Waals surface area contributed by atoms with E-state index >= 15 is 0 Å². The van der Waals surface area contributed by atoms with Crippen LogP contribution in [0.5, 0.6) is 0 Å². The summed E-state index contributed by atoms with van der Waals surface area (Å²) < 4.78 is 0.985. The fourth-order valence-electron chi connectivity index (χ4n) is 2.60. The molecule has 1 heterocycles. The van der Waals surface area contributed by atoms with Crippen molar-refractivity contribution in [3.63, 3.8) is 0 Å². The van der Waals surface area contributed by atoms with Gasteiger partial charge in [-0.3, -0.25) is 4.90 Å². The van der Waals surface area contributed by atoms with Crippen LogP contribution in [0.25, 0.3) is 0 Å². The molecule has 0 radical (unpaired) electrons. The number of urea groups is 1. The molecule has 1 aromatic carbocycles. The lowest BCUT2D eigenvalue weighted by atomic mass is 9.76. The van der Waals surface area contributed by atoms with Crippen molar-refractivity contribution >= 4 is 27.6 Å². The summed E-state index contributed by atoms with van der Waals surface area (Å²) in [5, 5.41) is 2.95. The van der Waals surface area contributed by atoms with E-state index in [4.69, 9.17) is 0 Å². The highest BCUT2D eigenvalue weighted by molar-refractivity contribution is 9.10. The van der Waals surface area contributed by atoms with Gasteiger partial charge in [0.1, 0.15) is 0 Å². The second-order valence-corrected chi connectivity index (χ2v) is 5.38. The molecule has 1 N–H and O–H groups in total. The van der Waals surface area contributed by atoms with Gasteiger partial charge in [-0.25, -0.2) is 4.79 Å². The van der Waals surface area contributed by atoms with E-state index in [1.165, 1.54) is 6.42 Å². The van der Waals surface area contributed by atoms with Crippen molar-refractivity contribution in [2.75, 3.05) is 11.4 Å². The standard InChI is InChI=1S/C12H13BrN2O/c13-9-4-1-2-5-10(9)15-11(16)14-8-12(15)6-3-7-12/h1-2,4-5H,3,6-8H2,(H,14,16). The fraction of sp³-hybridized carbons (Fsp3) is 0.417. The van der Waals surface area contributed by atoms with Crippen LogP contribution < -0.4 is 10.2 Å². The summed E-state index contributed by atoms with van der Waals surface area (Å²) in [5.74, 6) is 0. The Morgan fingerprint density at radius 3 is 2.69 bits per heavy atom. The van der Waals surface area contributed by atoms with Crippen LogP contribution in [0.4, 0.5) is 10.5 Å². The van der Waals surface area contributed by atoms with Crippen molar-refractivity contribution in [1.82, 2.24) is 5.32 Å². The zero-order chi connectivity index (χ0) is 11.2. The predicted molar refractivity (Wildman–Crippen MR) is 66.6 cm³/mol. The number of halogens is 1. The van der Waals surface area contributed by atoms with Gasteiger partial charge in [-0.05, 0) is 47.3 Å². The molecule has 1 aliphatic carbocycles. The number of anilines is 1. The number of carbonyl (C=O) groups is 1. The lowest BCUT2D eigenvalue weighted by Gasteiger charge is -2.44.